The molecule has 5 rings (SSSR count). The number of hydrogen-bond acceptors (Lipinski definition) is 5. The average molecular weight is 397 g/mol. The second-order valence-corrected chi connectivity index (χ2v) is 6.54. The zero-order valence-corrected chi connectivity index (χ0v) is 15.5. The van der Waals surface area contributed by atoms with E-state index in [2.05, 4.69) is 35.6 Å². The summed E-state index contributed by atoms with van der Waals surface area (Å²) >= 11 is 0. The lowest BCUT2D eigenvalue weighted by atomic mass is 10.1. The Labute approximate surface area is 169 Å². The molecule has 146 valence electrons. The molecular formula is C21H15N7O2. The van der Waals surface area contributed by atoms with Crippen LogP contribution in [0.4, 0.5) is 11.9 Å². The van der Waals surface area contributed by atoms with Crippen molar-refractivity contribution in [2.75, 3.05) is 10.6 Å². The van der Waals surface area contributed by atoms with Crippen molar-refractivity contribution in [3.8, 4) is 0 Å². The molecule has 0 saturated heterocycles. The topological polar surface area (TPSA) is 128 Å². The number of fused-ring (bicyclic) bond motifs is 2. The fraction of sp³-hybridized carbons (Fsp3) is 0. The molecule has 0 atom stereocenters. The Morgan fingerprint density at radius 2 is 1.67 bits per heavy atom. The lowest BCUT2D eigenvalue weighted by Crippen LogP contribution is -2.14. The van der Waals surface area contributed by atoms with E-state index < -0.39 is 0 Å². The maximum atomic E-state index is 12.9. The van der Waals surface area contributed by atoms with Crippen LogP contribution in [0.3, 0.4) is 0 Å². The maximum Gasteiger partial charge on any atom is 0.260 e. The van der Waals surface area contributed by atoms with Gasteiger partial charge in [0.15, 0.2) is 0 Å². The minimum Gasteiger partial charge on any atom is -0.331 e. The number of nitrogens with one attached hydrogen (secondary N) is 4. The zero-order valence-electron chi connectivity index (χ0n) is 15.5. The van der Waals surface area contributed by atoms with Gasteiger partial charge in [-0.25, -0.2) is 9.97 Å². The third-order valence-electron chi connectivity index (χ3n) is 4.64. The number of amides is 2. The number of aromatic nitrogens is 5. The summed E-state index contributed by atoms with van der Waals surface area (Å²) in [6.07, 6.45) is 6.50. The van der Waals surface area contributed by atoms with E-state index in [0.29, 0.717) is 28.1 Å². The molecule has 0 saturated carbocycles. The van der Waals surface area contributed by atoms with Gasteiger partial charge in [-0.3, -0.25) is 25.2 Å². The minimum atomic E-state index is -0.360. The number of anilines is 2. The van der Waals surface area contributed by atoms with E-state index in [9.17, 15) is 9.59 Å². The molecule has 0 aliphatic carbocycles. The van der Waals surface area contributed by atoms with Crippen LogP contribution in [0.5, 0.6) is 0 Å². The number of H-pyrrole nitrogens is 2. The van der Waals surface area contributed by atoms with Crippen molar-refractivity contribution < 1.29 is 9.59 Å². The van der Waals surface area contributed by atoms with Crippen LogP contribution in [0.1, 0.15) is 20.7 Å². The second kappa shape index (κ2) is 7.13. The Hall–Kier alpha value is -4.53. The Bertz CT molecular complexity index is 1380. The van der Waals surface area contributed by atoms with Gasteiger partial charge in [0.25, 0.3) is 11.8 Å². The smallest absolute Gasteiger partial charge is 0.260 e. The number of aromatic amines is 2. The molecule has 0 spiro atoms. The van der Waals surface area contributed by atoms with E-state index in [0.717, 1.165) is 10.8 Å². The quantitative estimate of drug-likeness (QED) is 0.370. The molecule has 4 N–H and O–H groups in total. The molecule has 0 radical (unpaired) electrons. The molecule has 3 heterocycles. The Balaban J connectivity index is 1.45. The van der Waals surface area contributed by atoms with E-state index in [1.54, 1.807) is 61.2 Å². The van der Waals surface area contributed by atoms with Crippen molar-refractivity contribution in [3.05, 3.63) is 78.4 Å². The molecule has 0 fully saturated rings. The summed E-state index contributed by atoms with van der Waals surface area (Å²) in [6, 6.07) is 12.4. The Morgan fingerprint density at radius 3 is 2.53 bits per heavy atom. The third kappa shape index (κ3) is 3.14. The van der Waals surface area contributed by atoms with Crippen LogP contribution >= 0.6 is 0 Å². The van der Waals surface area contributed by atoms with E-state index in [-0.39, 0.29) is 17.8 Å². The lowest BCUT2D eigenvalue weighted by Gasteiger charge is -2.05. The number of benzene rings is 2. The molecule has 2 amide bonds. The first kappa shape index (κ1) is 17.6. The highest BCUT2D eigenvalue weighted by molar-refractivity contribution is 6.14. The molecular weight excluding hydrogens is 382 g/mol. The van der Waals surface area contributed by atoms with Crippen LogP contribution in [-0.4, -0.2) is 36.7 Å². The van der Waals surface area contributed by atoms with Gasteiger partial charge in [-0.05, 0) is 29.7 Å². The predicted octanol–water partition coefficient (Wildman–Crippen LogP) is 3.34. The first-order valence-electron chi connectivity index (χ1n) is 9.12. The fourth-order valence-corrected chi connectivity index (χ4v) is 3.28. The highest BCUT2D eigenvalue weighted by Gasteiger charge is 2.17. The van der Waals surface area contributed by atoms with Crippen LogP contribution < -0.4 is 10.6 Å². The highest BCUT2D eigenvalue weighted by Crippen LogP contribution is 2.22. The molecule has 9 heteroatoms. The molecule has 5 aromatic rings. The summed E-state index contributed by atoms with van der Waals surface area (Å²) in [5.74, 6) is -0.0836. The summed E-state index contributed by atoms with van der Waals surface area (Å²) in [5, 5.41) is 7.11. The third-order valence-corrected chi connectivity index (χ3v) is 4.64. The number of rotatable bonds is 4. The van der Waals surface area contributed by atoms with Gasteiger partial charge < -0.3 is 9.97 Å². The number of imidazole rings is 2. The maximum absolute atomic E-state index is 12.9. The molecule has 0 unspecified atom stereocenters. The standard InChI is InChI=1S/C21H15N7O2/c29-18(14-4-1-3-12-11-22-8-7-13(12)14)28-21-25-16-6-2-5-15(17(16)26-21)19(30)27-20-23-9-10-24-20/h1-11H,(H2,23,24,27,30)(H2,25,26,28,29). The van der Waals surface area contributed by atoms with Gasteiger partial charge in [0.1, 0.15) is 5.52 Å². The number of carbonyl (C=O) groups is 2. The number of para-hydroxylation sites is 1. The van der Waals surface area contributed by atoms with Gasteiger partial charge in [0.05, 0.1) is 11.1 Å². The van der Waals surface area contributed by atoms with Crippen molar-refractivity contribution in [1.29, 1.82) is 0 Å². The van der Waals surface area contributed by atoms with Crippen LogP contribution in [0, 0.1) is 0 Å². The van der Waals surface area contributed by atoms with Gasteiger partial charge in [0.2, 0.25) is 11.9 Å². The van der Waals surface area contributed by atoms with Crippen LogP contribution in [0.25, 0.3) is 21.8 Å². The van der Waals surface area contributed by atoms with E-state index in [1.807, 2.05) is 6.07 Å². The van der Waals surface area contributed by atoms with Gasteiger partial charge >= 0.3 is 0 Å². The summed E-state index contributed by atoms with van der Waals surface area (Å²) in [6.45, 7) is 0. The van der Waals surface area contributed by atoms with Gasteiger partial charge in [-0.1, -0.05) is 18.2 Å². The van der Waals surface area contributed by atoms with Gasteiger partial charge in [0, 0.05) is 35.7 Å². The summed E-state index contributed by atoms with van der Waals surface area (Å²) < 4.78 is 0. The molecule has 30 heavy (non-hydrogen) atoms. The SMILES string of the molecule is O=C(Nc1nc2c(C(=O)Nc3ncc[nH]3)cccc2[nH]1)c1cccc2cnccc12. The van der Waals surface area contributed by atoms with Crippen molar-refractivity contribution in [2.24, 2.45) is 0 Å². The molecule has 0 bridgehead atoms. The Morgan fingerprint density at radius 1 is 0.867 bits per heavy atom. The summed E-state index contributed by atoms with van der Waals surface area (Å²) in [4.78, 5) is 43.8. The predicted molar refractivity (Wildman–Crippen MR) is 112 cm³/mol. The van der Waals surface area contributed by atoms with Crippen molar-refractivity contribution >= 4 is 45.5 Å². The molecule has 0 aliphatic heterocycles. The molecule has 0 aliphatic rings. The number of carbonyl (C=O) groups excluding carboxylic acids is 2. The number of nitrogens with zero attached hydrogens (tertiary/aromatic N) is 3. The largest absolute Gasteiger partial charge is 0.331 e. The van der Waals surface area contributed by atoms with Crippen LogP contribution in [0.2, 0.25) is 0 Å². The molecule has 9 nitrogen and oxygen atoms in total. The zero-order chi connectivity index (χ0) is 20.5. The summed E-state index contributed by atoms with van der Waals surface area (Å²) in [5.41, 5.74) is 1.93. The minimum absolute atomic E-state index is 0.249. The monoisotopic (exact) mass is 397 g/mol. The first-order chi connectivity index (χ1) is 14.7. The second-order valence-electron chi connectivity index (χ2n) is 6.54. The van der Waals surface area contributed by atoms with Crippen molar-refractivity contribution in [1.82, 2.24) is 24.9 Å². The lowest BCUT2D eigenvalue weighted by molar-refractivity contribution is 0.102. The van der Waals surface area contributed by atoms with Crippen molar-refractivity contribution in [2.45, 2.75) is 0 Å². The normalized spacial score (nSPS) is 10.9. The van der Waals surface area contributed by atoms with Gasteiger partial charge in [-0.15, -0.1) is 0 Å². The summed E-state index contributed by atoms with van der Waals surface area (Å²) in [7, 11) is 0. The first-order valence-corrected chi connectivity index (χ1v) is 9.12. The molecule has 2 aromatic carbocycles. The number of pyridine rings is 1. The number of hydrogen-bond donors (Lipinski definition) is 4. The Kier molecular flexibility index (Phi) is 4.18. The molecule has 3 aromatic heterocycles. The average Bonchev–Trinajstić information content (AvgIpc) is 3.42. The fourth-order valence-electron chi connectivity index (χ4n) is 3.28. The van der Waals surface area contributed by atoms with Crippen molar-refractivity contribution in [3.63, 3.8) is 0 Å². The van der Waals surface area contributed by atoms with Crippen LogP contribution in [0.15, 0.2) is 67.3 Å². The van der Waals surface area contributed by atoms with E-state index >= 15 is 0 Å². The van der Waals surface area contributed by atoms with Gasteiger partial charge in [-0.2, -0.15) is 0 Å². The highest BCUT2D eigenvalue weighted by atomic mass is 16.2. The van der Waals surface area contributed by atoms with Crippen LogP contribution in [-0.2, 0) is 0 Å². The van der Waals surface area contributed by atoms with E-state index in [4.69, 9.17) is 0 Å². The van der Waals surface area contributed by atoms with E-state index in [1.165, 1.54) is 0 Å².